The number of rotatable bonds is 5. The summed E-state index contributed by atoms with van der Waals surface area (Å²) >= 11 is 13.2. The number of carbonyl (C=O) groups is 2. The SMILES string of the molecule is CN(C)C(=O)Cn1c(=O)/c(=C\c2ccc(Cl)cc2)s/c1=C\C(=O)c1ccccc1Cl. The zero-order chi connectivity index (χ0) is 21.8. The molecule has 0 unspecified atom stereocenters. The first-order valence-corrected chi connectivity index (χ1v) is 10.5. The van der Waals surface area contributed by atoms with Crippen LogP contribution in [0.15, 0.2) is 53.3 Å². The smallest absolute Gasteiger partial charge is 0.269 e. The molecule has 30 heavy (non-hydrogen) atoms. The summed E-state index contributed by atoms with van der Waals surface area (Å²) in [5.41, 5.74) is 0.768. The van der Waals surface area contributed by atoms with Gasteiger partial charge in [-0.1, -0.05) is 47.5 Å². The Labute approximate surface area is 187 Å². The fourth-order valence-corrected chi connectivity index (χ4v) is 4.03. The molecule has 0 radical (unpaired) electrons. The van der Waals surface area contributed by atoms with Gasteiger partial charge in [0.2, 0.25) is 5.91 Å². The van der Waals surface area contributed by atoms with Gasteiger partial charge in [-0.25, -0.2) is 0 Å². The lowest BCUT2D eigenvalue weighted by atomic mass is 10.1. The minimum atomic E-state index is -0.344. The van der Waals surface area contributed by atoms with E-state index in [4.69, 9.17) is 23.2 Å². The molecule has 0 atom stereocenters. The van der Waals surface area contributed by atoms with Crippen molar-refractivity contribution >= 4 is 58.4 Å². The van der Waals surface area contributed by atoms with Crippen molar-refractivity contribution in [3.05, 3.63) is 89.3 Å². The molecule has 5 nitrogen and oxygen atoms in total. The maximum Gasteiger partial charge on any atom is 0.269 e. The van der Waals surface area contributed by atoms with Gasteiger partial charge in [-0.05, 0) is 35.9 Å². The maximum absolute atomic E-state index is 13.0. The summed E-state index contributed by atoms with van der Waals surface area (Å²) in [5.74, 6) is -0.598. The molecule has 0 saturated carbocycles. The van der Waals surface area contributed by atoms with E-state index in [9.17, 15) is 14.4 Å². The highest BCUT2D eigenvalue weighted by Gasteiger charge is 2.13. The summed E-state index contributed by atoms with van der Waals surface area (Å²) in [7, 11) is 3.22. The highest BCUT2D eigenvalue weighted by atomic mass is 35.5. The summed E-state index contributed by atoms with van der Waals surface area (Å²) in [6.45, 7) is -0.168. The first-order valence-electron chi connectivity index (χ1n) is 8.94. The molecule has 1 heterocycles. The van der Waals surface area contributed by atoms with Gasteiger partial charge in [-0.3, -0.25) is 19.0 Å². The topological polar surface area (TPSA) is 59.4 Å². The first-order chi connectivity index (χ1) is 14.3. The monoisotopic (exact) mass is 460 g/mol. The van der Waals surface area contributed by atoms with Crippen LogP contribution in [0, 0.1) is 0 Å². The van der Waals surface area contributed by atoms with Crippen LogP contribution in [0.2, 0.25) is 10.0 Å². The number of thiazole rings is 1. The number of hydrogen-bond acceptors (Lipinski definition) is 4. The largest absolute Gasteiger partial charge is 0.347 e. The molecule has 0 fully saturated rings. The molecule has 154 valence electrons. The molecule has 0 N–H and O–H groups in total. The zero-order valence-electron chi connectivity index (χ0n) is 16.3. The van der Waals surface area contributed by atoms with E-state index in [2.05, 4.69) is 0 Å². The van der Waals surface area contributed by atoms with E-state index in [-0.39, 0.29) is 23.8 Å². The molecule has 0 saturated heterocycles. The van der Waals surface area contributed by atoms with E-state index < -0.39 is 0 Å². The third kappa shape index (κ3) is 5.08. The Morgan fingerprint density at radius 2 is 1.73 bits per heavy atom. The molecule has 8 heteroatoms. The number of aromatic nitrogens is 1. The minimum Gasteiger partial charge on any atom is -0.347 e. The Balaban J connectivity index is 2.16. The second kappa shape index (κ2) is 9.43. The summed E-state index contributed by atoms with van der Waals surface area (Å²) < 4.78 is 2.09. The molecular weight excluding hydrogens is 443 g/mol. The van der Waals surface area contributed by atoms with Crippen molar-refractivity contribution in [3.63, 3.8) is 0 Å². The molecule has 1 amide bonds. The first kappa shape index (κ1) is 22.0. The second-order valence-corrected chi connectivity index (χ2v) is 8.57. The highest BCUT2D eigenvalue weighted by Crippen LogP contribution is 2.15. The highest BCUT2D eigenvalue weighted by molar-refractivity contribution is 7.07. The van der Waals surface area contributed by atoms with E-state index in [1.165, 1.54) is 15.5 Å². The van der Waals surface area contributed by atoms with Crippen molar-refractivity contribution in [2.45, 2.75) is 6.54 Å². The van der Waals surface area contributed by atoms with E-state index in [0.29, 0.717) is 24.8 Å². The van der Waals surface area contributed by atoms with Crippen molar-refractivity contribution in [2.75, 3.05) is 14.1 Å². The Morgan fingerprint density at radius 3 is 2.37 bits per heavy atom. The van der Waals surface area contributed by atoms with Crippen LogP contribution < -0.4 is 14.8 Å². The fraction of sp³-hybridized carbons (Fsp3) is 0.136. The lowest BCUT2D eigenvalue weighted by Gasteiger charge is -2.10. The molecule has 3 rings (SSSR count). The Morgan fingerprint density at radius 1 is 1.07 bits per heavy atom. The van der Waals surface area contributed by atoms with Gasteiger partial charge < -0.3 is 4.90 Å². The van der Waals surface area contributed by atoms with Crippen molar-refractivity contribution in [1.82, 2.24) is 9.47 Å². The summed E-state index contributed by atoms with van der Waals surface area (Å²) in [4.78, 5) is 39.4. The average molecular weight is 461 g/mol. The van der Waals surface area contributed by atoms with Gasteiger partial charge in [-0.15, -0.1) is 11.3 Å². The lowest BCUT2D eigenvalue weighted by Crippen LogP contribution is -2.37. The van der Waals surface area contributed by atoms with Crippen molar-refractivity contribution < 1.29 is 9.59 Å². The lowest BCUT2D eigenvalue weighted by molar-refractivity contribution is -0.129. The molecule has 0 spiro atoms. The van der Waals surface area contributed by atoms with Crippen LogP contribution in [0.4, 0.5) is 0 Å². The molecule has 3 aromatic rings. The quantitative estimate of drug-likeness (QED) is 0.550. The van der Waals surface area contributed by atoms with Gasteiger partial charge in [0.1, 0.15) is 11.2 Å². The number of amides is 1. The van der Waals surface area contributed by atoms with Crippen LogP contribution in [0.1, 0.15) is 15.9 Å². The van der Waals surface area contributed by atoms with Crippen LogP contribution in [-0.4, -0.2) is 35.3 Å². The standard InChI is InChI=1S/C22H18Cl2N2O3S/c1-25(2)20(28)13-26-21(12-18(27)16-5-3-4-6-17(16)24)30-19(22(26)29)11-14-7-9-15(23)10-8-14/h3-12H,13H2,1-2H3/b19-11+,21-12-. The van der Waals surface area contributed by atoms with Crippen LogP contribution in [0.5, 0.6) is 0 Å². The van der Waals surface area contributed by atoms with Gasteiger partial charge in [0.15, 0.2) is 5.78 Å². The fourth-order valence-electron chi connectivity index (χ4n) is 2.63. The van der Waals surface area contributed by atoms with Gasteiger partial charge in [-0.2, -0.15) is 0 Å². The Bertz CT molecular complexity index is 1270. The number of carbonyl (C=O) groups excluding carboxylic acids is 2. The van der Waals surface area contributed by atoms with Crippen molar-refractivity contribution in [1.29, 1.82) is 0 Å². The van der Waals surface area contributed by atoms with E-state index >= 15 is 0 Å². The minimum absolute atomic E-state index is 0.168. The number of likely N-dealkylation sites (N-methyl/N-ethyl adjacent to an activating group) is 1. The van der Waals surface area contributed by atoms with E-state index in [0.717, 1.165) is 16.9 Å². The molecule has 0 bridgehead atoms. The Hall–Kier alpha value is -2.67. The zero-order valence-corrected chi connectivity index (χ0v) is 18.6. The molecule has 0 aliphatic rings. The number of hydrogen-bond donors (Lipinski definition) is 0. The van der Waals surface area contributed by atoms with Crippen LogP contribution in [0.25, 0.3) is 12.2 Å². The third-order valence-corrected chi connectivity index (χ3v) is 5.93. The Kier molecular flexibility index (Phi) is 6.92. The molecule has 0 aliphatic heterocycles. The second-order valence-electron chi connectivity index (χ2n) is 6.67. The molecule has 1 aromatic heterocycles. The van der Waals surface area contributed by atoms with Gasteiger partial charge in [0, 0.05) is 30.8 Å². The normalized spacial score (nSPS) is 12.3. The van der Waals surface area contributed by atoms with Crippen LogP contribution in [-0.2, 0) is 11.3 Å². The predicted octanol–water partition coefficient (Wildman–Crippen LogP) is 2.80. The van der Waals surface area contributed by atoms with E-state index in [1.54, 1.807) is 68.7 Å². The number of ketones is 1. The van der Waals surface area contributed by atoms with Gasteiger partial charge in [0.05, 0.1) is 9.55 Å². The third-order valence-electron chi connectivity index (χ3n) is 4.29. The summed E-state index contributed by atoms with van der Waals surface area (Å²) in [6.07, 6.45) is 3.05. The van der Waals surface area contributed by atoms with Gasteiger partial charge in [0.25, 0.3) is 5.56 Å². The van der Waals surface area contributed by atoms with Gasteiger partial charge >= 0.3 is 0 Å². The van der Waals surface area contributed by atoms with Crippen molar-refractivity contribution in [2.24, 2.45) is 0 Å². The number of Topliss-reactive ketones (excluding diaryl/α,β-unsaturated/α-hetero) is 1. The number of nitrogens with zero attached hydrogens (tertiary/aromatic N) is 2. The summed E-state index contributed by atoms with van der Waals surface area (Å²) in [5, 5.41) is 0.910. The van der Waals surface area contributed by atoms with Crippen LogP contribution >= 0.6 is 34.5 Å². The number of halogens is 2. The molecular formula is C22H18Cl2N2O3S. The van der Waals surface area contributed by atoms with E-state index in [1.807, 2.05) is 0 Å². The predicted molar refractivity (Wildman–Crippen MR) is 122 cm³/mol. The maximum atomic E-state index is 13.0. The molecule has 0 aliphatic carbocycles. The van der Waals surface area contributed by atoms with Crippen molar-refractivity contribution in [3.8, 4) is 0 Å². The molecule has 2 aromatic carbocycles. The number of benzene rings is 2. The summed E-state index contributed by atoms with van der Waals surface area (Å²) in [6, 6.07) is 13.7. The average Bonchev–Trinajstić information content (AvgIpc) is 2.98. The van der Waals surface area contributed by atoms with Crippen LogP contribution in [0.3, 0.4) is 0 Å².